The zero-order valence-electron chi connectivity index (χ0n) is 18.5. The second-order valence-electron chi connectivity index (χ2n) is 7.42. The molecule has 0 saturated carbocycles. The van der Waals surface area contributed by atoms with Gasteiger partial charge in [-0.25, -0.2) is 21.6 Å². The summed E-state index contributed by atoms with van der Waals surface area (Å²) in [6, 6.07) is 12.2. The molecule has 2 aromatic rings. The van der Waals surface area contributed by atoms with Gasteiger partial charge in [-0.1, -0.05) is 13.8 Å². The predicted octanol–water partition coefficient (Wildman–Crippen LogP) is 2.11. The van der Waals surface area contributed by atoms with Crippen molar-refractivity contribution in [2.45, 2.75) is 36.5 Å². The maximum Gasteiger partial charge on any atom is 0.258 e. The Hall–Kier alpha value is -2.78. The van der Waals surface area contributed by atoms with Gasteiger partial charge in [-0.05, 0) is 54.4 Å². The van der Waals surface area contributed by atoms with Crippen LogP contribution < -0.4 is 9.62 Å². The van der Waals surface area contributed by atoms with E-state index in [0.29, 0.717) is 37.3 Å². The number of nitrogens with one attached hydrogen (secondary N) is 1. The van der Waals surface area contributed by atoms with E-state index in [1.54, 1.807) is 30.9 Å². The standard InChI is InChI=1S/C22H26N4O5S2/c1-3-25(4-2)33(30,31)20-10-11-21-18(16-20)12-15-26(21)22(27)17-6-8-19(9-7-17)32(28,29)24-14-5-13-23/h6-11,16,24H,3-5,12,14-15H2,1-2H3. The van der Waals surface area contributed by atoms with Crippen LogP contribution in [0.5, 0.6) is 0 Å². The Morgan fingerprint density at radius 3 is 2.30 bits per heavy atom. The molecule has 1 amide bonds. The summed E-state index contributed by atoms with van der Waals surface area (Å²) in [6.45, 7) is 4.73. The third-order valence-corrected chi connectivity index (χ3v) is 9.00. The number of anilines is 1. The average Bonchev–Trinajstić information content (AvgIpc) is 3.23. The molecule has 0 fully saturated rings. The van der Waals surface area contributed by atoms with Crippen molar-refractivity contribution in [3.8, 4) is 6.07 Å². The van der Waals surface area contributed by atoms with E-state index in [9.17, 15) is 21.6 Å². The molecular formula is C22H26N4O5S2. The number of nitrogens with zero attached hydrogens (tertiary/aromatic N) is 3. The number of hydrogen-bond acceptors (Lipinski definition) is 6. The van der Waals surface area contributed by atoms with Gasteiger partial charge in [-0.2, -0.15) is 9.57 Å². The number of amides is 1. The molecule has 1 N–H and O–H groups in total. The number of fused-ring (bicyclic) bond motifs is 1. The van der Waals surface area contributed by atoms with Gasteiger partial charge in [0.05, 0.1) is 15.9 Å². The molecule has 1 aliphatic rings. The molecule has 0 unspecified atom stereocenters. The maximum absolute atomic E-state index is 13.1. The highest BCUT2D eigenvalue weighted by Crippen LogP contribution is 2.32. The molecule has 0 aliphatic carbocycles. The zero-order chi connectivity index (χ0) is 24.2. The minimum Gasteiger partial charge on any atom is -0.308 e. The monoisotopic (exact) mass is 490 g/mol. The molecule has 176 valence electrons. The topological polar surface area (TPSA) is 128 Å². The molecule has 0 saturated heterocycles. The third-order valence-electron chi connectivity index (χ3n) is 5.48. The van der Waals surface area contributed by atoms with Gasteiger partial charge in [0.1, 0.15) is 0 Å². The molecule has 33 heavy (non-hydrogen) atoms. The Kier molecular flexibility index (Phi) is 7.54. The first-order valence-corrected chi connectivity index (χ1v) is 13.5. The van der Waals surface area contributed by atoms with Crippen LogP contribution in [0.4, 0.5) is 5.69 Å². The normalized spacial score (nSPS) is 13.7. The first-order valence-electron chi connectivity index (χ1n) is 10.6. The number of nitriles is 1. The van der Waals surface area contributed by atoms with Crippen LogP contribution in [-0.2, 0) is 26.5 Å². The van der Waals surface area contributed by atoms with Gasteiger partial charge in [-0.15, -0.1) is 0 Å². The van der Waals surface area contributed by atoms with Crippen LogP contribution in [0.2, 0.25) is 0 Å². The second-order valence-corrected chi connectivity index (χ2v) is 11.1. The van der Waals surface area contributed by atoms with Crippen LogP contribution in [0.25, 0.3) is 0 Å². The van der Waals surface area contributed by atoms with E-state index in [4.69, 9.17) is 5.26 Å². The summed E-state index contributed by atoms with van der Waals surface area (Å²) in [7, 11) is -7.35. The van der Waals surface area contributed by atoms with Crippen LogP contribution >= 0.6 is 0 Å². The van der Waals surface area contributed by atoms with Crippen molar-refractivity contribution in [3.05, 3.63) is 53.6 Å². The molecule has 0 bridgehead atoms. The van der Waals surface area contributed by atoms with Crippen LogP contribution in [-0.4, -0.2) is 53.2 Å². The van der Waals surface area contributed by atoms with Crippen molar-refractivity contribution in [2.24, 2.45) is 0 Å². The van der Waals surface area contributed by atoms with Gasteiger partial charge >= 0.3 is 0 Å². The number of carbonyl (C=O) groups excluding carboxylic acids is 1. The Balaban J connectivity index is 1.81. The minimum absolute atomic E-state index is 0.00469. The molecule has 9 nitrogen and oxygen atoms in total. The van der Waals surface area contributed by atoms with E-state index in [-0.39, 0.29) is 28.7 Å². The van der Waals surface area contributed by atoms with Crippen molar-refractivity contribution in [3.63, 3.8) is 0 Å². The first kappa shape index (κ1) is 24.9. The maximum atomic E-state index is 13.1. The summed E-state index contributed by atoms with van der Waals surface area (Å²) in [6.07, 6.45) is 0.583. The SMILES string of the molecule is CCN(CC)S(=O)(=O)c1ccc2c(c1)CCN2C(=O)c1ccc(S(=O)(=O)NCCC#N)cc1. The molecule has 0 spiro atoms. The highest BCUT2D eigenvalue weighted by molar-refractivity contribution is 7.89. The Morgan fingerprint density at radius 1 is 1.06 bits per heavy atom. The number of carbonyl (C=O) groups is 1. The minimum atomic E-state index is -3.76. The van der Waals surface area contributed by atoms with Gasteiger partial charge < -0.3 is 4.90 Å². The van der Waals surface area contributed by atoms with Gasteiger partial charge in [0.25, 0.3) is 5.91 Å². The highest BCUT2D eigenvalue weighted by atomic mass is 32.2. The summed E-state index contributed by atoms with van der Waals surface area (Å²) in [4.78, 5) is 14.8. The van der Waals surface area contributed by atoms with Crippen molar-refractivity contribution in [1.29, 1.82) is 5.26 Å². The fraction of sp³-hybridized carbons (Fsp3) is 0.364. The van der Waals surface area contributed by atoms with E-state index in [1.165, 1.54) is 34.6 Å². The summed E-state index contributed by atoms with van der Waals surface area (Å²) in [5.41, 5.74) is 1.74. The van der Waals surface area contributed by atoms with E-state index in [2.05, 4.69) is 4.72 Å². The van der Waals surface area contributed by atoms with Crippen molar-refractivity contribution in [1.82, 2.24) is 9.03 Å². The summed E-state index contributed by atoms with van der Waals surface area (Å²) < 4.78 is 53.8. The van der Waals surface area contributed by atoms with E-state index >= 15 is 0 Å². The van der Waals surface area contributed by atoms with Gasteiger partial charge in [0.15, 0.2) is 0 Å². The lowest BCUT2D eigenvalue weighted by Gasteiger charge is -2.20. The Labute approximate surface area is 194 Å². The fourth-order valence-corrected chi connectivity index (χ4v) is 6.26. The number of rotatable bonds is 9. The van der Waals surface area contributed by atoms with Crippen molar-refractivity contribution >= 4 is 31.6 Å². The lowest BCUT2D eigenvalue weighted by Crippen LogP contribution is -2.31. The Bertz CT molecular complexity index is 1280. The fourth-order valence-electron chi connectivity index (χ4n) is 3.72. The molecule has 1 aliphatic heterocycles. The highest BCUT2D eigenvalue weighted by Gasteiger charge is 2.29. The largest absolute Gasteiger partial charge is 0.308 e. The smallest absolute Gasteiger partial charge is 0.258 e. The molecule has 3 rings (SSSR count). The van der Waals surface area contributed by atoms with Crippen LogP contribution in [0.3, 0.4) is 0 Å². The molecule has 11 heteroatoms. The van der Waals surface area contributed by atoms with Crippen molar-refractivity contribution in [2.75, 3.05) is 31.1 Å². The molecule has 0 atom stereocenters. The van der Waals surface area contributed by atoms with Crippen LogP contribution in [0.15, 0.2) is 52.3 Å². The predicted molar refractivity (Wildman–Crippen MR) is 124 cm³/mol. The van der Waals surface area contributed by atoms with E-state index < -0.39 is 20.0 Å². The summed E-state index contributed by atoms with van der Waals surface area (Å²) >= 11 is 0. The third kappa shape index (κ3) is 5.09. The lowest BCUT2D eigenvalue weighted by atomic mass is 10.1. The van der Waals surface area contributed by atoms with Crippen molar-refractivity contribution < 1.29 is 21.6 Å². The van der Waals surface area contributed by atoms with Crippen LogP contribution in [0, 0.1) is 11.3 Å². The van der Waals surface area contributed by atoms with E-state index in [1.807, 2.05) is 6.07 Å². The number of hydrogen-bond donors (Lipinski definition) is 1. The van der Waals surface area contributed by atoms with Gasteiger partial charge in [0, 0.05) is 43.9 Å². The summed E-state index contributed by atoms with van der Waals surface area (Å²) in [5.74, 6) is -0.297. The zero-order valence-corrected chi connectivity index (χ0v) is 20.1. The second kappa shape index (κ2) is 10.0. The average molecular weight is 491 g/mol. The van der Waals surface area contributed by atoms with E-state index in [0.717, 1.165) is 5.56 Å². The van der Waals surface area contributed by atoms with Gasteiger partial charge in [0.2, 0.25) is 20.0 Å². The lowest BCUT2D eigenvalue weighted by molar-refractivity contribution is 0.0989. The number of benzene rings is 2. The molecular weight excluding hydrogens is 464 g/mol. The molecule has 0 aromatic heterocycles. The quantitative estimate of drug-likeness (QED) is 0.536. The van der Waals surface area contributed by atoms with Crippen LogP contribution in [0.1, 0.15) is 36.2 Å². The number of sulfonamides is 2. The first-order chi connectivity index (χ1) is 15.7. The molecule has 0 radical (unpaired) electrons. The molecule has 2 aromatic carbocycles. The Morgan fingerprint density at radius 2 is 1.70 bits per heavy atom. The summed E-state index contributed by atoms with van der Waals surface area (Å²) in [5, 5.41) is 8.55. The van der Waals surface area contributed by atoms with Gasteiger partial charge in [-0.3, -0.25) is 4.79 Å². The molecule has 1 heterocycles.